The van der Waals surface area contributed by atoms with E-state index in [4.69, 9.17) is 8.94 Å². The minimum atomic E-state index is -3.67. The van der Waals surface area contributed by atoms with Gasteiger partial charge in [0.2, 0.25) is 15.9 Å². The summed E-state index contributed by atoms with van der Waals surface area (Å²) in [7, 11) is -3.67. The number of piperazine rings is 1. The number of hydrogen-bond donors (Lipinski definition) is 0. The fourth-order valence-electron chi connectivity index (χ4n) is 4.76. The van der Waals surface area contributed by atoms with E-state index >= 15 is 0 Å². The predicted octanol–water partition coefficient (Wildman–Crippen LogP) is 1.91. The van der Waals surface area contributed by atoms with E-state index in [0.717, 1.165) is 0 Å². The van der Waals surface area contributed by atoms with Crippen molar-refractivity contribution in [1.29, 1.82) is 0 Å². The fraction of sp³-hybridized carbons (Fsp3) is 0.591. The Morgan fingerprint density at radius 1 is 1.06 bits per heavy atom. The maximum absolute atomic E-state index is 13.1. The molecule has 0 aliphatic carbocycles. The van der Waals surface area contributed by atoms with Gasteiger partial charge in [-0.15, -0.1) is 0 Å². The quantitative estimate of drug-likeness (QED) is 0.644. The zero-order valence-electron chi connectivity index (χ0n) is 19.2. The van der Waals surface area contributed by atoms with E-state index in [1.54, 1.807) is 30.9 Å². The lowest BCUT2D eigenvalue weighted by Crippen LogP contribution is -2.52. The largest absolute Gasteiger partial charge is 0.459 e. The molecule has 0 unspecified atom stereocenters. The lowest BCUT2D eigenvalue weighted by molar-refractivity contribution is -0.138. The van der Waals surface area contributed by atoms with Gasteiger partial charge in [0.15, 0.2) is 11.5 Å². The van der Waals surface area contributed by atoms with Crippen LogP contribution in [0.1, 0.15) is 41.8 Å². The molecule has 10 nitrogen and oxygen atoms in total. The van der Waals surface area contributed by atoms with Crippen molar-refractivity contribution < 1.29 is 26.9 Å². The molecule has 0 radical (unpaired) electrons. The second-order valence-electron chi connectivity index (χ2n) is 8.78. The Balaban J connectivity index is 1.30. The van der Waals surface area contributed by atoms with Crippen LogP contribution in [0.3, 0.4) is 0 Å². The Morgan fingerprint density at radius 2 is 1.70 bits per heavy atom. The van der Waals surface area contributed by atoms with Gasteiger partial charge in [-0.3, -0.25) is 9.59 Å². The lowest BCUT2D eigenvalue weighted by Gasteiger charge is -2.38. The number of rotatable bonds is 5. The van der Waals surface area contributed by atoms with Crippen LogP contribution in [-0.2, 0) is 14.8 Å². The average molecular weight is 479 g/mol. The van der Waals surface area contributed by atoms with E-state index in [2.05, 4.69) is 5.16 Å². The summed E-state index contributed by atoms with van der Waals surface area (Å²) in [4.78, 5) is 29.2. The van der Waals surface area contributed by atoms with Gasteiger partial charge < -0.3 is 18.7 Å². The molecule has 0 spiro atoms. The Morgan fingerprint density at radius 3 is 2.24 bits per heavy atom. The highest BCUT2D eigenvalue weighted by atomic mass is 32.2. The number of carbonyl (C=O) groups excluding carboxylic acids is 2. The van der Waals surface area contributed by atoms with Crippen molar-refractivity contribution >= 4 is 21.8 Å². The van der Waals surface area contributed by atoms with Crippen LogP contribution in [0.15, 0.2) is 32.2 Å². The van der Waals surface area contributed by atoms with Crippen molar-refractivity contribution in [2.75, 3.05) is 39.3 Å². The normalized spacial score (nSPS) is 19.6. The van der Waals surface area contributed by atoms with Crippen LogP contribution < -0.4 is 0 Å². The monoisotopic (exact) mass is 478 g/mol. The van der Waals surface area contributed by atoms with Crippen LogP contribution in [0.2, 0.25) is 0 Å². The molecule has 2 amide bonds. The second-order valence-corrected chi connectivity index (χ2v) is 10.7. The smallest absolute Gasteiger partial charge is 0.289 e. The third-order valence-corrected chi connectivity index (χ3v) is 8.92. The van der Waals surface area contributed by atoms with E-state index in [9.17, 15) is 18.0 Å². The van der Waals surface area contributed by atoms with Crippen LogP contribution in [0.4, 0.5) is 0 Å². The summed E-state index contributed by atoms with van der Waals surface area (Å²) in [5.74, 6) is 0.404. The molecular formula is C22H30N4O6S. The first kappa shape index (κ1) is 23.5. The SMILES string of the molecule is Cc1noc(C)c1S(=O)(=O)N1CCC([C@@H](C)C(=O)N2CCN(C(=O)c3ccco3)CC2)CC1. The molecule has 2 aromatic heterocycles. The van der Waals surface area contributed by atoms with Crippen molar-refractivity contribution in [1.82, 2.24) is 19.3 Å². The van der Waals surface area contributed by atoms with Gasteiger partial charge in [-0.05, 0) is 44.7 Å². The molecule has 180 valence electrons. The maximum atomic E-state index is 13.1. The first-order chi connectivity index (χ1) is 15.7. The zero-order valence-corrected chi connectivity index (χ0v) is 20.0. The van der Waals surface area contributed by atoms with Crippen molar-refractivity contribution in [3.63, 3.8) is 0 Å². The number of piperidine rings is 1. The van der Waals surface area contributed by atoms with Gasteiger partial charge >= 0.3 is 0 Å². The molecule has 11 heteroatoms. The van der Waals surface area contributed by atoms with Gasteiger partial charge in [-0.25, -0.2) is 8.42 Å². The summed E-state index contributed by atoms with van der Waals surface area (Å²) in [6.45, 7) is 7.76. The number of sulfonamides is 1. The number of carbonyl (C=O) groups is 2. The highest BCUT2D eigenvalue weighted by Gasteiger charge is 2.37. The maximum Gasteiger partial charge on any atom is 0.289 e. The third kappa shape index (κ3) is 4.56. The van der Waals surface area contributed by atoms with Crippen molar-refractivity contribution in [2.24, 2.45) is 11.8 Å². The van der Waals surface area contributed by atoms with Gasteiger partial charge in [0.1, 0.15) is 10.6 Å². The number of hydrogen-bond acceptors (Lipinski definition) is 7. The standard InChI is InChI=1S/C22H30N4O6S/c1-15(21(27)24-10-12-25(13-11-24)22(28)19-5-4-14-31-19)18-6-8-26(9-7-18)33(29,30)20-16(2)23-32-17(20)3/h4-5,14-15,18H,6-13H2,1-3H3/t15-/m1/s1. The third-order valence-electron chi connectivity index (χ3n) is 6.77. The number of furan rings is 1. The fourth-order valence-corrected chi connectivity index (χ4v) is 6.52. The molecule has 0 saturated carbocycles. The summed E-state index contributed by atoms with van der Waals surface area (Å²) in [6.07, 6.45) is 2.71. The Kier molecular flexibility index (Phi) is 6.62. The predicted molar refractivity (Wildman–Crippen MR) is 118 cm³/mol. The molecule has 2 aliphatic rings. The molecule has 2 fully saturated rings. The molecule has 2 aliphatic heterocycles. The van der Waals surface area contributed by atoms with Gasteiger partial charge in [0, 0.05) is 45.2 Å². The molecule has 0 N–H and O–H groups in total. The molecule has 2 saturated heterocycles. The summed E-state index contributed by atoms with van der Waals surface area (Å²) in [6, 6.07) is 3.32. The van der Waals surface area contributed by atoms with Crippen LogP contribution >= 0.6 is 0 Å². The molecule has 0 bridgehead atoms. The van der Waals surface area contributed by atoms with Crippen LogP contribution in [0.5, 0.6) is 0 Å². The Bertz CT molecular complexity index is 1070. The molecule has 0 aromatic carbocycles. The molecule has 2 aromatic rings. The van der Waals surface area contributed by atoms with E-state index in [1.807, 2.05) is 11.8 Å². The van der Waals surface area contributed by atoms with Crippen LogP contribution in [-0.4, -0.2) is 78.8 Å². The topological polar surface area (TPSA) is 117 Å². The minimum Gasteiger partial charge on any atom is -0.459 e. The molecule has 1 atom stereocenters. The van der Waals surface area contributed by atoms with E-state index < -0.39 is 10.0 Å². The van der Waals surface area contributed by atoms with Crippen molar-refractivity contribution in [3.8, 4) is 0 Å². The summed E-state index contributed by atoms with van der Waals surface area (Å²) in [5, 5.41) is 3.77. The molecule has 4 rings (SSSR count). The number of aryl methyl sites for hydroxylation is 2. The first-order valence-corrected chi connectivity index (χ1v) is 12.7. The number of aromatic nitrogens is 1. The highest BCUT2D eigenvalue weighted by molar-refractivity contribution is 7.89. The highest BCUT2D eigenvalue weighted by Crippen LogP contribution is 2.31. The van der Waals surface area contributed by atoms with Gasteiger partial charge in [-0.2, -0.15) is 4.31 Å². The lowest BCUT2D eigenvalue weighted by atomic mass is 9.85. The first-order valence-electron chi connectivity index (χ1n) is 11.2. The van der Waals surface area contributed by atoms with Crippen LogP contribution in [0, 0.1) is 25.7 Å². The minimum absolute atomic E-state index is 0.0622. The molecular weight excluding hydrogens is 448 g/mol. The van der Waals surface area contributed by atoms with Gasteiger partial charge in [-0.1, -0.05) is 12.1 Å². The van der Waals surface area contributed by atoms with Crippen molar-refractivity contribution in [2.45, 2.75) is 38.5 Å². The summed E-state index contributed by atoms with van der Waals surface area (Å²) >= 11 is 0. The van der Waals surface area contributed by atoms with Crippen molar-refractivity contribution in [3.05, 3.63) is 35.6 Å². The van der Waals surface area contributed by atoms with E-state index in [1.165, 1.54) is 10.6 Å². The number of nitrogens with zero attached hydrogens (tertiary/aromatic N) is 4. The summed E-state index contributed by atoms with van der Waals surface area (Å²) < 4.78 is 37.7. The van der Waals surface area contributed by atoms with Gasteiger partial charge in [0.05, 0.1) is 6.26 Å². The van der Waals surface area contributed by atoms with E-state index in [-0.39, 0.29) is 28.5 Å². The number of amides is 2. The molecule has 4 heterocycles. The second kappa shape index (κ2) is 9.30. The average Bonchev–Trinajstić information content (AvgIpc) is 3.48. The van der Waals surface area contributed by atoms with Gasteiger partial charge in [0.25, 0.3) is 5.91 Å². The Labute approximate surface area is 193 Å². The van der Waals surface area contributed by atoms with E-state index in [0.29, 0.717) is 69.3 Å². The molecule has 33 heavy (non-hydrogen) atoms. The Hall–Kier alpha value is -2.66. The van der Waals surface area contributed by atoms with Crippen LogP contribution in [0.25, 0.3) is 0 Å². The summed E-state index contributed by atoms with van der Waals surface area (Å²) in [5.41, 5.74) is 0.364. The zero-order chi connectivity index (χ0) is 23.8.